The first kappa shape index (κ1) is 27.9. The van der Waals surface area contributed by atoms with Gasteiger partial charge < -0.3 is 20.8 Å². The van der Waals surface area contributed by atoms with Crippen molar-refractivity contribution in [2.75, 3.05) is 13.1 Å². The zero-order valence-corrected chi connectivity index (χ0v) is 21.0. The molecule has 0 saturated heterocycles. The van der Waals surface area contributed by atoms with E-state index in [4.69, 9.17) is 0 Å². The normalized spacial score (nSPS) is 32.7. The largest absolute Gasteiger partial charge is 0.392 e. The number of rotatable bonds is 8. The maximum absolute atomic E-state index is 10.2. The van der Waals surface area contributed by atoms with Crippen LogP contribution in [0.5, 0.6) is 0 Å². The Balaban J connectivity index is 2.83. The van der Waals surface area contributed by atoms with Crippen molar-refractivity contribution in [1.82, 2.24) is 5.32 Å². The first-order valence-corrected chi connectivity index (χ1v) is 13.2. The summed E-state index contributed by atoms with van der Waals surface area (Å²) in [6, 6.07) is 0.618. The van der Waals surface area contributed by atoms with E-state index in [0.717, 1.165) is 25.8 Å². The van der Waals surface area contributed by atoms with Crippen molar-refractivity contribution in [3.63, 3.8) is 0 Å². The third-order valence-corrected chi connectivity index (χ3v) is 7.70. The molecule has 30 heavy (non-hydrogen) atoms. The molecule has 4 heteroatoms. The van der Waals surface area contributed by atoms with Crippen LogP contribution in [-0.4, -0.2) is 47.1 Å². The van der Waals surface area contributed by atoms with Crippen molar-refractivity contribution >= 4 is 0 Å². The SMILES string of the molecule is CCC(O)CNC1(C)CC(C)CC([NH2+]CC(O)CC)CCCCCCCCCC1C. The predicted molar refractivity (Wildman–Crippen MR) is 129 cm³/mol. The number of hydrogen-bond donors (Lipinski definition) is 4. The number of hydrogen-bond acceptors (Lipinski definition) is 3. The first-order valence-electron chi connectivity index (χ1n) is 13.2. The molecule has 1 rings (SSSR count). The molecule has 1 fully saturated rings. The quantitative estimate of drug-likeness (QED) is 0.464. The van der Waals surface area contributed by atoms with Crippen LogP contribution in [0.1, 0.15) is 118 Å². The number of aliphatic hydroxyl groups excluding tert-OH is 2. The minimum atomic E-state index is -0.252. The van der Waals surface area contributed by atoms with Crippen LogP contribution in [-0.2, 0) is 0 Å². The molecular weight excluding hydrogens is 372 g/mol. The second kappa shape index (κ2) is 15.6. The molecule has 1 saturated carbocycles. The van der Waals surface area contributed by atoms with Crippen LogP contribution in [0.15, 0.2) is 0 Å². The molecule has 0 radical (unpaired) electrons. The number of quaternary nitrogens is 1. The summed E-state index contributed by atoms with van der Waals surface area (Å²) in [6.07, 6.45) is 15.7. The molecule has 1 aliphatic carbocycles. The van der Waals surface area contributed by atoms with E-state index < -0.39 is 0 Å². The smallest absolute Gasteiger partial charge is 0.102 e. The van der Waals surface area contributed by atoms with Crippen molar-refractivity contribution in [1.29, 1.82) is 0 Å². The van der Waals surface area contributed by atoms with Gasteiger partial charge in [-0.1, -0.05) is 66.2 Å². The Kier molecular flexibility index (Phi) is 14.5. The zero-order valence-electron chi connectivity index (χ0n) is 21.0. The van der Waals surface area contributed by atoms with Crippen LogP contribution in [0.4, 0.5) is 0 Å². The Morgan fingerprint density at radius 2 is 1.47 bits per heavy atom. The van der Waals surface area contributed by atoms with Gasteiger partial charge in [0.15, 0.2) is 0 Å². The molecule has 0 bridgehead atoms. The van der Waals surface area contributed by atoms with Crippen molar-refractivity contribution in [2.45, 2.75) is 142 Å². The fourth-order valence-corrected chi connectivity index (χ4v) is 5.17. The van der Waals surface area contributed by atoms with Crippen LogP contribution in [0, 0.1) is 11.8 Å². The molecule has 0 aromatic carbocycles. The molecule has 4 nitrogen and oxygen atoms in total. The molecule has 6 atom stereocenters. The van der Waals surface area contributed by atoms with Crippen LogP contribution in [0.25, 0.3) is 0 Å². The maximum Gasteiger partial charge on any atom is 0.102 e. The summed E-state index contributed by atoms with van der Waals surface area (Å²) in [7, 11) is 0. The lowest BCUT2D eigenvalue weighted by Crippen LogP contribution is -2.92. The average molecular weight is 428 g/mol. The third kappa shape index (κ3) is 11.5. The number of aliphatic hydroxyl groups is 2. The van der Waals surface area contributed by atoms with Gasteiger partial charge in [0.1, 0.15) is 12.6 Å². The molecule has 0 aromatic rings. The lowest BCUT2D eigenvalue weighted by molar-refractivity contribution is -0.696. The molecule has 0 heterocycles. The zero-order chi connectivity index (χ0) is 22.4. The van der Waals surface area contributed by atoms with Crippen LogP contribution < -0.4 is 10.6 Å². The van der Waals surface area contributed by atoms with Gasteiger partial charge in [-0.3, -0.25) is 0 Å². The summed E-state index contributed by atoms with van der Waals surface area (Å²) < 4.78 is 0. The van der Waals surface area contributed by atoms with Crippen molar-refractivity contribution in [2.24, 2.45) is 11.8 Å². The molecule has 5 N–H and O–H groups in total. The van der Waals surface area contributed by atoms with Crippen molar-refractivity contribution in [3.8, 4) is 0 Å². The summed E-state index contributed by atoms with van der Waals surface area (Å²) in [5.41, 5.74) is 0.0726. The minimum Gasteiger partial charge on any atom is -0.392 e. The molecule has 180 valence electrons. The second-order valence-corrected chi connectivity index (χ2v) is 10.7. The Morgan fingerprint density at radius 3 is 2.07 bits per heavy atom. The van der Waals surface area contributed by atoms with E-state index in [0.29, 0.717) is 24.4 Å². The molecule has 0 spiro atoms. The van der Waals surface area contributed by atoms with Gasteiger partial charge in [-0.15, -0.1) is 0 Å². The van der Waals surface area contributed by atoms with Crippen LogP contribution >= 0.6 is 0 Å². The van der Waals surface area contributed by atoms with Crippen molar-refractivity contribution < 1.29 is 15.5 Å². The van der Waals surface area contributed by atoms with E-state index in [1.807, 2.05) is 0 Å². The molecule has 0 amide bonds. The van der Waals surface area contributed by atoms with Gasteiger partial charge in [0.25, 0.3) is 0 Å². The van der Waals surface area contributed by atoms with Gasteiger partial charge in [-0.2, -0.15) is 0 Å². The summed E-state index contributed by atoms with van der Waals surface area (Å²) >= 11 is 0. The van der Waals surface area contributed by atoms with Gasteiger partial charge in [-0.25, -0.2) is 0 Å². The van der Waals surface area contributed by atoms with E-state index >= 15 is 0 Å². The second-order valence-electron chi connectivity index (χ2n) is 10.7. The van der Waals surface area contributed by atoms with Crippen LogP contribution in [0.2, 0.25) is 0 Å². The molecular formula is C26H55N2O2+. The highest BCUT2D eigenvalue weighted by Crippen LogP contribution is 2.31. The van der Waals surface area contributed by atoms with Gasteiger partial charge in [-0.05, 0) is 57.3 Å². The first-order chi connectivity index (χ1) is 14.3. The summed E-state index contributed by atoms with van der Waals surface area (Å²) in [4.78, 5) is 0. The highest BCUT2D eigenvalue weighted by atomic mass is 16.3. The van der Waals surface area contributed by atoms with Crippen LogP contribution in [0.3, 0.4) is 0 Å². The van der Waals surface area contributed by atoms with Gasteiger partial charge in [0.2, 0.25) is 0 Å². The van der Waals surface area contributed by atoms with Gasteiger partial charge in [0, 0.05) is 18.5 Å². The van der Waals surface area contributed by atoms with Crippen molar-refractivity contribution in [3.05, 3.63) is 0 Å². The highest BCUT2D eigenvalue weighted by Gasteiger charge is 2.33. The summed E-state index contributed by atoms with van der Waals surface area (Å²) in [5, 5.41) is 26.4. The Bertz CT molecular complexity index is 420. The summed E-state index contributed by atoms with van der Waals surface area (Å²) in [6.45, 7) is 12.9. The van der Waals surface area contributed by atoms with E-state index in [1.165, 1.54) is 64.2 Å². The lowest BCUT2D eigenvalue weighted by Gasteiger charge is -2.40. The number of nitrogens with one attached hydrogen (secondary N) is 1. The summed E-state index contributed by atoms with van der Waals surface area (Å²) in [5.74, 6) is 1.24. The average Bonchev–Trinajstić information content (AvgIpc) is 2.73. The van der Waals surface area contributed by atoms with Gasteiger partial charge >= 0.3 is 0 Å². The van der Waals surface area contributed by atoms with E-state index in [2.05, 4.69) is 45.3 Å². The maximum atomic E-state index is 10.2. The Labute approximate surface area is 188 Å². The fraction of sp³-hybridized carbons (Fsp3) is 1.00. The van der Waals surface area contributed by atoms with Gasteiger partial charge in [0.05, 0.1) is 12.1 Å². The molecule has 0 aliphatic heterocycles. The van der Waals surface area contributed by atoms with E-state index in [9.17, 15) is 10.2 Å². The predicted octanol–water partition coefficient (Wildman–Crippen LogP) is 4.39. The monoisotopic (exact) mass is 427 g/mol. The topological polar surface area (TPSA) is 69.1 Å². The Hall–Kier alpha value is -0.160. The fourth-order valence-electron chi connectivity index (χ4n) is 5.17. The standard InChI is InChI=1S/C26H54N2O2/c1-6-24(29)19-27-23-16-14-12-10-8-9-11-13-15-22(4)26(5,18-21(3)17-23)28-20-25(30)7-2/h21-25,27-30H,6-20H2,1-5H3/p+1. The lowest BCUT2D eigenvalue weighted by atomic mass is 9.75. The van der Waals surface area contributed by atoms with E-state index in [1.54, 1.807) is 0 Å². The van der Waals surface area contributed by atoms with E-state index in [-0.39, 0.29) is 17.7 Å². The molecule has 0 aromatic heterocycles. The minimum absolute atomic E-state index is 0.0726. The third-order valence-electron chi connectivity index (χ3n) is 7.70. The Morgan fingerprint density at radius 1 is 0.900 bits per heavy atom. The highest BCUT2D eigenvalue weighted by molar-refractivity contribution is 4.91. The molecule has 6 unspecified atom stereocenters. The number of β-amino-alcohol motifs (C(OH)–C–C–N with tert-alkyl or cyclic N) is 1. The molecule has 1 aliphatic rings. The number of nitrogens with two attached hydrogens (primary N) is 1.